The van der Waals surface area contributed by atoms with Gasteiger partial charge < -0.3 is 14.9 Å². The SMILES string of the molecule is C[C@H]1C[C@@H](O)[C@@H](CO)O1. The summed E-state index contributed by atoms with van der Waals surface area (Å²) in [6, 6.07) is 0. The molecule has 1 saturated heterocycles. The first kappa shape index (κ1) is 6.99. The van der Waals surface area contributed by atoms with E-state index in [-0.39, 0.29) is 18.8 Å². The quantitative estimate of drug-likeness (QED) is 0.506. The maximum absolute atomic E-state index is 9.07. The van der Waals surface area contributed by atoms with Crippen LogP contribution in [0.2, 0.25) is 0 Å². The Balaban J connectivity index is 2.38. The summed E-state index contributed by atoms with van der Waals surface area (Å²) < 4.78 is 5.12. The lowest BCUT2D eigenvalue weighted by Gasteiger charge is -2.08. The van der Waals surface area contributed by atoms with Crippen LogP contribution in [0.15, 0.2) is 0 Å². The van der Waals surface area contributed by atoms with Gasteiger partial charge in [0.05, 0.1) is 18.8 Å². The van der Waals surface area contributed by atoms with Gasteiger partial charge in [0.15, 0.2) is 0 Å². The lowest BCUT2D eigenvalue weighted by Crippen LogP contribution is -2.24. The van der Waals surface area contributed by atoms with Crippen molar-refractivity contribution < 1.29 is 14.9 Å². The first-order valence-corrected chi connectivity index (χ1v) is 3.18. The van der Waals surface area contributed by atoms with E-state index >= 15 is 0 Å². The summed E-state index contributed by atoms with van der Waals surface area (Å²) in [6.07, 6.45) is -0.0762. The number of rotatable bonds is 1. The zero-order chi connectivity index (χ0) is 6.85. The van der Waals surface area contributed by atoms with Gasteiger partial charge in [-0.3, -0.25) is 0 Å². The van der Waals surface area contributed by atoms with Crippen LogP contribution in [0.5, 0.6) is 0 Å². The lowest BCUT2D eigenvalue weighted by molar-refractivity contribution is -0.0170. The molecule has 9 heavy (non-hydrogen) atoms. The fourth-order valence-electron chi connectivity index (χ4n) is 1.10. The van der Waals surface area contributed by atoms with E-state index in [0.29, 0.717) is 6.42 Å². The van der Waals surface area contributed by atoms with Gasteiger partial charge >= 0.3 is 0 Å². The average Bonchev–Trinajstić information content (AvgIpc) is 2.10. The molecule has 1 rings (SSSR count). The predicted octanol–water partition coefficient (Wildman–Crippen LogP) is -0.483. The van der Waals surface area contributed by atoms with E-state index in [0.717, 1.165) is 0 Å². The number of hydrogen-bond acceptors (Lipinski definition) is 3. The molecule has 0 radical (unpaired) electrons. The minimum absolute atomic E-state index is 0.0779. The van der Waals surface area contributed by atoms with E-state index in [4.69, 9.17) is 14.9 Å². The minimum Gasteiger partial charge on any atom is -0.394 e. The highest BCUT2D eigenvalue weighted by atomic mass is 16.5. The van der Waals surface area contributed by atoms with Gasteiger partial charge in [-0.25, -0.2) is 0 Å². The third-order valence-electron chi connectivity index (χ3n) is 1.59. The maximum atomic E-state index is 9.07. The van der Waals surface area contributed by atoms with Crippen molar-refractivity contribution >= 4 is 0 Å². The average molecular weight is 132 g/mol. The lowest BCUT2D eigenvalue weighted by atomic mass is 10.1. The normalized spacial score (nSPS) is 43.7. The molecular formula is C6H12O3. The van der Waals surface area contributed by atoms with Crippen molar-refractivity contribution in [1.82, 2.24) is 0 Å². The third-order valence-corrected chi connectivity index (χ3v) is 1.59. The van der Waals surface area contributed by atoms with Crippen molar-refractivity contribution in [3.63, 3.8) is 0 Å². The third kappa shape index (κ3) is 1.41. The van der Waals surface area contributed by atoms with Crippen molar-refractivity contribution in [2.24, 2.45) is 0 Å². The Bertz CT molecular complexity index is 94.3. The molecule has 1 aliphatic rings. The van der Waals surface area contributed by atoms with Crippen LogP contribution in [-0.4, -0.2) is 35.1 Å². The van der Waals surface area contributed by atoms with E-state index in [1.165, 1.54) is 0 Å². The van der Waals surface area contributed by atoms with Gasteiger partial charge in [-0.1, -0.05) is 0 Å². The second-order valence-electron chi connectivity index (χ2n) is 2.47. The van der Waals surface area contributed by atoms with Gasteiger partial charge in [-0.05, 0) is 6.92 Å². The number of ether oxygens (including phenoxy) is 1. The van der Waals surface area contributed by atoms with Crippen LogP contribution in [-0.2, 0) is 4.74 Å². The molecule has 0 aromatic carbocycles. The first-order chi connectivity index (χ1) is 4.24. The fraction of sp³-hybridized carbons (Fsp3) is 1.00. The number of aliphatic hydroxyl groups excluding tert-OH is 2. The Morgan fingerprint density at radius 2 is 2.33 bits per heavy atom. The Kier molecular flexibility index (Phi) is 2.05. The second kappa shape index (κ2) is 2.64. The molecule has 1 aliphatic heterocycles. The van der Waals surface area contributed by atoms with Gasteiger partial charge in [0.25, 0.3) is 0 Å². The monoisotopic (exact) mass is 132 g/mol. The molecule has 0 aromatic heterocycles. The zero-order valence-corrected chi connectivity index (χ0v) is 5.45. The second-order valence-corrected chi connectivity index (χ2v) is 2.47. The zero-order valence-electron chi connectivity index (χ0n) is 5.45. The summed E-state index contributed by atoms with van der Waals surface area (Å²) in [5.41, 5.74) is 0. The van der Waals surface area contributed by atoms with Crippen LogP contribution in [0.25, 0.3) is 0 Å². The molecule has 3 nitrogen and oxygen atoms in total. The summed E-state index contributed by atoms with van der Waals surface area (Å²) in [6.45, 7) is 1.81. The van der Waals surface area contributed by atoms with Crippen molar-refractivity contribution in [3.05, 3.63) is 0 Å². The Hall–Kier alpha value is -0.120. The smallest absolute Gasteiger partial charge is 0.107 e. The molecule has 3 heteroatoms. The molecule has 0 amide bonds. The van der Waals surface area contributed by atoms with Crippen molar-refractivity contribution in [2.75, 3.05) is 6.61 Å². The molecular weight excluding hydrogens is 120 g/mol. The molecule has 0 aromatic rings. The van der Waals surface area contributed by atoms with Gasteiger partial charge in [-0.2, -0.15) is 0 Å². The van der Waals surface area contributed by atoms with E-state index in [1.54, 1.807) is 0 Å². The standard InChI is InChI=1S/C6H12O3/c1-4-2-5(8)6(3-7)9-4/h4-8H,2-3H2,1H3/t4-,5+,6+/m0/s1. The van der Waals surface area contributed by atoms with Gasteiger partial charge in [0, 0.05) is 6.42 Å². The van der Waals surface area contributed by atoms with Crippen LogP contribution < -0.4 is 0 Å². The fourth-order valence-corrected chi connectivity index (χ4v) is 1.10. The molecule has 2 N–H and O–H groups in total. The number of hydrogen-bond donors (Lipinski definition) is 2. The van der Waals surface area contributed by atoms with Gasteiger partial charge in [0.1, 0.15) is 6.10 Å². The van der Waals surface area contributed by atoms with Gasteiger partial charge in [0.2, 0.25) is 0 Å². The van der Waals surface area contributed by atoms with Crippen molar-refractivity contribution in [1.29, 1.82) is 0 Å². The Morgan fingerprint density at radius 1 is 1.67 bits per heavy atom. The molecule has 1 heterocycles. The van der Waals surface area contributed by atoms with Crippen LogP contribution in [0.3, 0.4) is 0 Å². The summed E-state index contributed by atoms with van der Waals surface area (Å²) in [7, 11) is 0. The molecule has 3 atom stereocenters. The largest absolute Gasteiger partial charge is 0.394 e. The molecule has 0 unspecified atom stereocenters. The Labute approximate surface area is 54.3 Å². The molecule has 1 fully saturated rings. The highest BCUT2D eigenvalue weighted by Crippen LogP contribution is 2.18. The van der Waals surface area contributed by atoms with Crippen LogP contribution in [0.1, 0.15) is 13.3 Å². The summed E-state index contributed by atoms with van der Waals surface area (Å²) in [5, 5.41) is 17.6. The highest BCUT2D eigenvalue weighted by molar-refractivity contribution is 4.78. The molecule has 0 bridgehead atoms. The van der Waals surface area contributed by atoms with Gasteiger partial charge in [-0.15, -0.1) is 0 Å². The van der Waals surface area contributed by atoms with E-state index < -0.39 is 6.10 Å². The molecule has 0 saturated carbocycles. The molecule has 54 valence electrons. The summed E-state index contributed by atoms with van der Waals surface area (Å²) in [5.74, 6) is 0. The van der Waals surface area contributed by atoms with Crippen molar-refractivity contribution in [2.45, 2.75) is 31.7 Å². The first-order valence-electron chi connectivity index (χ1n) is 3.18. The molecule has 0 spiro atoms. The summed E-state index contributed by atoms with van der Waals surface area (Å²) in [4.78, 5) is 0. The van der Waals surface area contributed by atoms with E-state index in [2.05, 4.69) is 0 Å². The highest BCUT2D eigenvalue weighted by Gasteiger charge is 2.30. The summed E-state index contributed by atoms with van der Waals surface area (Å²) >= 11 is 0. The van der Waals surface area contributed by atoms with E-state index in [9.17, 15) is 0 Å². The topological polar surface area (TPSA) is 49.7 Å². The van der Waals surface area contributed by atoms with Crippen molar-refractivity contribution in [3.8, 4) is 0 Å². The number of aliphatic hydroxyl groups is 2. The maximum Gasteiger partial charge on any atom is 0.107 e. The van der Waals surface area contributed by atoms with Crippen LogP contribution in [0, 0.1) is 0 Å². The Morgan fingerprint density at radius 3 is 2.56 bits per heavy atom. The molecule has 0 aliphatic carbocycles. The van der Waals surface area contributed by atoms with Crippen LogP contribution >= 0.6 is 0 Å². The minimum atomic E-state index is -0.468. The van der Waals surface area contributed by atoms with E-state index in [1.807, 2.05) is 6.92 Å². The van der Waals surface area contributed by atoms with Crippen LogP contribution in [0.4, 0.5) is 0 Å². The predicted molar refractivity (Wildman–Crippen MR) is 32.0 cm³/mol.